The van der Waals surface area contributed by atoms with Crippen molar-refractivity contribution in [1.29, 1.82) is 0 Å². The van der Waals surface area contributed by atoms with Crippen LogP contribution in [0.5, 0.6) is 5.75 Å². The van der Waals surface area contributed by atoms with Crippen molar-refractivity contribution in [3.63, 3.8) is 0 Å². The van der Waals surface area contributed by atoms with E-state index >= 15 is 0 Å². The normalized spacial score (nSPS) is 11.2. The summed E-state index contributed by atoms with van der Waals surface area (Å²) in [6, 6.07) is 7.01. The number of ether oxygens (including phenoxy) is 2. The van der Waals surface area contributed by atoms with Crippen molar-refractivity contribution in [2.45, 2.75) is 33.3 Å². The largest absolute Gasteiger partial charge is 0.444 e. The van der Waals surface area contributed by atoms with Crippen LogP contribution in [-0.2, 0) is 9.53 Å². The molecule has 5 nitrogen and oxygen atoms in total. The summed E-state index contributed by atoms with van der Waals surface area (Å²) in [4.78, 5) is 22.4. The molecule has 5 heteroatoms. The lowest BCUT2D eigenvalue weighted by Gasteiger charge is -2.18. The molecule has 0 spiro atoms. The maximum atomic E-state index is 11.4. The van der Waals surface area contributed by atoms with Crippen LogP contribution in [-0.4, -0.2) is 17.7 Å². The second kappa shape index (κ2) is 6.75. The van der Waals surface area contributed by atoms with E-state index in [2.05, 4.69) is 5.32 Å². The molecular weight excluding hydrogens is 258 g/mol. The van der Waals surface area contributed by atoms with E-state index in [1.165, 1.54) is 13.1 Å². The van der Waals surface area contributed by atoms with Gasteiger partial charge in [-0.15, -0.1) is 0 Å². The number of esters is 1. The zero-order valence-corrected chi connectivity index (χ0v) is 12.1. The first-order valence-corrected chi connectivity index (χ1v) is 6.21. The highest BCUT2D eigenvalue weighted by Gasteiger charge is 2.14. The molecule has 108 valence electrons. The molecule has 0 bridgehead atoms. The van der Waals surface area contributed by atoms with Crippen molar-refractivity contribution >= 4 is 18.1 Å². The van der Waals surface area contributed by atoms with Crippen LogP contribution in [0.3, 0.4) is 0 Å². The Hall–Kier alpha value is -2.30. The van der Waals surface area contributed by atoms with Gasteiger partial charge >= 0.3 is 12.1 Å². The number of rotatable bonds is 3. The van der Waals surface area contributed by atoms with Gasteiger partial charge in [0.15, 0.2) is 0 Å². The lowest BCUT2D eigenvalue weighted by molar-refractivity contribution is -0.131. The molecule has 0 aliphatic carbocycles. The number of alkyl carbamates (subject to hydrolysis) is 1. The molecule has 0 saturated carbocycles. The number of carbonyl (C=O) groups is 2. The Morgan fingerprint density at radius 3 is 2.45 bits per heavy atom. The second-order valence-electron chi connectivity index (χ2n) is 5.11. The van der Waals surface area contributed by atoms with Gasteiger partial charge < -0.3 is 9.47 Å². The molecule has 0 aliphatic heterocycles. The second-order valence-corrected chi connectivity index (χ2v) is 5.11. The minimum absolute atomic E-state index is 0.397. The highest BCUT2D eigenvalue weighted by atomic mass is 16.6. The number of hydrogen-bond donors (Lipinski definition) is 1. The van der Waals surface area contributed by atoms with E-state index in [1.54, 1.807) is 51.1 Å². The summed E-state index contributed by atoms with van der Waals surface area (Å²) in [7, 11) is 0. The summed E-state index contributed by atoms with van der Waals surface area (Å²) in [5.74, 6) is 0.0354. The number of benzene rings is 1. The molecule has 1 aromatic carbocycles. The van der Waals surface area contributed by atoms with Crippen LogP contribution in [0, 0.1) is 0 Å². The summed E-state index contributed by atoms with van der Waals surface area (Å²) in [5, 5.41) is 2.49. The van der Waals surface area contributed by atoms with Crippen LogP contribution < -0.4 is 10.1 Å². The van der Waals surface area contributed by atoms with Gasteiger partial charge in [-0.25, -0.2) is 4.79 Å². The van der Waals surface area contributed by atoms with Crippen LogP contribution in [0.2, 0.25) is 0 Å². The van der Waals surface area contributed by atoms with Gasteiger partial charge in [0, 0.05) is 18.7 Å². The van der Waals surface area contributed by atoms with E-state index in [0.717, 1.165) is 0 Å². The maximum Gasteiger partial charge on any atom is 0.411 e. The average molecular weight is 277 g/mol. The smallest absolute Gasteiger partial charge is 0.411 e. The first-order valence-electron chi connectivity index (χ1n) is 6.21. The molecule has 0 fully saturated rings. The molecule has 1 aromatic rings. The molecular formula is C15H19NO4. The fourth-order valence-corrected chi connectivity index (χ4v) is 1.37. The van der Waals surface area contributed by atoms with Crippen molar-refractivity contribution < 1.29 is 19.1 Å². The minimum atomic E-state index is -0.548. The van der Waals surface area contributed by atoms with Crippen molar-refractivity contribution in [3.05, 3.63) is 36.0 Å². The zero-order valence-electron chi connectivity index (χ0n) is 12.1. The Labute approximate surface area is 118 Å². The third-order valence-electron chi connectivity index (χ3n) is 2.04. The summed E-state index contributed by atoms with van der Waals surface area (Å²) >= 11 is 0. The summed E-state index contributed by atoms with van der Waals surface area (Å²) in [6.07, 6.45) is 2.53. The van der Waals surface area contributed by atoms with E-state index in [0.29, 0.717) is 11.3 Å². The van der Waals surface area contributed by atoms with E-state index in [9.17, 15) is 9.59 Å². The van der Waals surface area contributed by atoms with E-state index in [-0.39, 0.29) is 0 Å². The van der Waals surface area contributed by atoms with Gasteiger partial charge in [0.25, 0.3) is 0 Å². The first kappa shape index (κ1) is 15.8. The molecule has 1 rings (SSSR count). The molecule has 1 amide bonds. The highest BCUT2D eigenvalue weighted by Crippen LogP contribution is 2.19. The molecule has 0 heterocycles. The fourth-order valence-electron chi connectivity index (χ4n) is 1.37. The number of amides is 1. The molecule has 20 heavy (non-hydrogen) atoms. The summed E-state index contributed by atoms with van der Waals surface area (Å²) in [6.45, 7) is 6.68. The van der Waals surface area contributed by atoms with Gasteiger partial charge in [0.1, 0.15) is 11.4 Å². The fraction of sp³-hybridized carbons (Fsp3) is 0.333. The number of hydrogen-bond acceptors (Lipinski definition) is 4. The van der Waals surface area contributed by atoms with Crippen LogP contribution in [0.1, 0.15) is 33.3 Å². The monoisotopic (exact) mass is 277 g/mol. The molecule has 0 aromatic heterocycles. The average Bonchev–Trinajstić information content (AvgIpc) is 2.28. The van der Waals surface area contributed by atoms with Gasteiger partial charge in [0.05, 0.1) is 0 Å². The predicted molar refractivity (Wildman–Crippen MR) is 76.2 cm³/mol. The lowest BCUT2D eigenvalue weighted by Crippen LogP contribution is -2.29. The van der Waals surface area contributed by atoms with Crippen molar-refractivity contribution in [2.24, 2.45) is 0 Å². The summed E-state index contributed by atoms with van der Waals surface area (Å²) < 4.78 is 10.1. The number of carbonyl (C=O) groups excluding carboxylic acids is 2. The molecule has 0 atom stereocenters. The standard InChI is InChI=1S/C15H19NO4/c1-11(17)19-13-8-6-5-7-12(13)9-10-16-14(18)20-15(2,3)4/h5-10H,1-4H3,(H,16,18)/b10-9+. The van der Waals surface area contributed by atoms with E-state index in [1.807, 2.05) is 0 Å². The van der Waals surface area contributed by atoms with Crippen LogP contribution >= 0.6 is 0 Å². The Kier molecular flexibility index (Phi) is 5.32. The van der Waals surface area contributed by atoms with Gasteiger partial charge in [-0.3, -0.25) is 10.1 Å². The topological polar surface area (TPSA) is 64.6 Å². The van der Waals surface area contributed by atoms with Crippen molar-refractivity contribution in [1.82, 2.24) is 5.32 Å². The molecule has 0 radical (unpaired) electrons. The van der Waals surface area contributed by atoms with Crippen LogP contribution in [0.4, 0.5) is 4.79 Å². The number of nitrogens with one attached hydrogen (secondary N) is 1. The Morgan fingerprint density at radius 2 is 1.85 bits per heavy atom. The predicted octanol–water partition coefficient (Wildman–Crippen LogP) is 3.11. The third kappa shape index (κ3) is 6.04. The molecule has 0 aliphatic rings. The quantitative estimate of drug-likeness (QED) is 0.681. The lowest BCUT2D eigenvalue weighted by atomic mass is 10.2. The Balaban J connectivity index is 2.67. The summed E-state index contributed by atoms with van der Waals surface area (Å²) in [5.41, 5.74) is 0.131. The minimum Gasteiger partial charge on any atom is -0.444 e. The van der Waals surface area contributed by atoms with Crippen LogP contribution in [0.15, 0.2) is 30.5 Å². The van der Waals surface area contributed by atoms with Gasteiger partial charge in [-0.1, -0.05) is 18.2 Å². The maximum absolute atomic E-state index is 11.4. The van der Waals surface area contributed by atoms with Crippen molar-refractivity contribution in [3.8, 4) is 5.75 Å². The molecule has 0 saturated heterocycles. The Morgan fingerprint density at radius 1 is 1.20 bits per heavy atom. The highest BCUT2D eigenvalue weighted by molar-refractivity contribution is 5.73. The molecule has 0 unspecified atom stereocenters. The van der Waals surface area contributed by atoms with Crippen molar-refractivity contribution in [2.75, 3.05) is 0 Å². The van der Waals surface area contributed by atoms with Gasteiger partial charge in [-0.05, 0) is 32.9 Å². The third-order valence-corrected chi connectivity index (χ3v) is 2.04. The van der Waals surface area contributed by atoms with E-state index < -0.39 is 17.7 Å². The van der Waals surface area contributed by atoms with Gasteiger partial charge in [-0.2, -0.15) is 0 Å². The number of para-hydroxylation sites is 1. The SMILES string of the molecule is CC(=O)Oc1ccccc1/C=C/NC(=O)OC(C)(C)C. The Bertz CT molecular complexity index is 515. The molecule has 1 N–H and O–H groups in total. The van der Waals surface area contributed by atoms with Crippen LogP contribution in [0.25, 0.3) is 6.08 Å². The van der Waals surface area contributed by atoms with E-state index in [4.69, 9.17) is 9.47 Å². The van der Waals surface area contributed by atoms with Gasteiger partial charge in [0.2, 0.25) is 0 Å². The zero-order chi connectivity index (χ0) is 15.2. The first-order chi connectivity index (χ1) is 9.28.